The first kappa shape index (κ1) is 14.6. The van der Waals surface area contributed by atoms with Gasteiger partial charge in [-0.05, 0) is 44.7 Å². The number of methoxy groups -OCH3 is 1. The Hall–Kier alpha value is -0.510. The molecule has 0 radical (unpaired) electrons. The molecule has 2 nitrogen and oxygen atoms in total. The molecule has 0 aromatic heterocycles. The molecule has 0 aliphatic heterocycles. The van der Waals surface area contributed by atoms with Crippen LogP contribution in [0.2, 0.25) is 0 Å². The molecular weight excluding hydrogens is 230 g/mol. The summed E-state index contributed by atoms with van der Waals surface area (Å²) in [7, 11) is 1.75. The normalized spacial score (nSPS) is 16.5. The van der Waals surface area contributed by atoms with E-state index < -0.39 is 0 Å². The third-order valence-electron chi connectivity index (χ3n) is 3.20. The average Bonchev–Trinajstić information content (AvgIpc) is 2.37. The predicted molar refractivity (Wildman–Crippen MR) is 75.7 cm³/mol. The zero-order valence-electron chi connectivity index (χ0n) is 11.4. The van der Waals surface area contributed by atoms with E-state index in [0.29, 0.717) is 12.1 Å². The van der Waals surface area contributed by atoms with E-state index in [4.69, 9.17) is 4.74 Å². The smallest absolute Gasteiger partial charge is 0.0693 e. The summed E-state index contributed by atoms with van der Waals surface area (Å²) >= 11 is 1.77. The molecule has 0 fully saturated rings. The second-order valence-corrected chi connectivity index (χ2v) is 5.27. The molecule has 0 heterocycles. The highest BCUT2D eigenvalue weighted by Gasteiger charge is 2.14. The number of thioether (sulfide) groups is 1. The SMILES string of the molecule is COC(C)C(C)NC(C)c1ccc(SC)cc1. The Morgan fingerprint density at radius 3 is 2.18 bits per heavy atom. The highest BCUT2D eigenvalue weighted by atomic mass is 32.2. The van der Waals surface area contributed by atoms with Gasteiger partial charge < -0.3 is 10.1 Å². The van der Waals surface area contributed by atoms with E-state index in [2.05, 4.69) is 56.6 Å². The summed E-state index contributed by atoms with van der Waals surface area (Å²) in [6.07, 6.45) is 2.32. The molecule has 0 aliphatic carbocycles. The molecule has 1 rings (SSSR count). The van der Waals surface area contributed by atoms with Crippen LogP contribution < -0.4 is 5.32 Å². The summed E-state index contributed by atoms with van der Waals surface area (Å²) in [6.45, 7) is 6.43. The zero-order valence-corrected chi connectivity index (χ0v) is 12.2. The van der Waals surface area contributed by atoms with Crippen LogP contribution in [-0.4, -0.2) is 25.5 Å². The Morgan fingerprint density at radius 2 is 1.71 bits per heavy atom. The van der Waals surface area contributed by atoms with Gasteiger partial charge in [0, 0.05) is 24.1 Å². The lowest BCUT2D eigenvalue weighted by molar-refractivity contribution is 0.0852. The van der Waals surface area contributed by atoms with Gasteiger partial charge in [0.15, 0.2) is 0 Å². The van der Waals surface area contributed by atoms with E-state index in [0.717, 1.165) is 0 Å². The van der Waals surface area contributed by atoms with Crippen LogP contribution in [0.1, 0.15) is 32.4 Å². The maximum Gasteiger partial charge on any atom is 0.0693 e. The highest BCUT2D eigenvalue weighted by molar-refractivity contribution is 7.98. The van der Waals surface area contributed by atoms with Gasteiger partial charge in [0.05, 0.1) is 6.10 Å². The topological polar surface area (TPSA) is 21.3 Å². The summed E-state index contributed by atoms with van der Waals surface area (Å²) in [6, 6.07) is 9.40. The molecule has 17 heavy (non-hydrogen) atoms. The number of ether oxygens (including phenoxy) is 1. The van der Waals surface area contributed by atoms with Crippen LogP contribution in [0.5, 0.6) is 0 Å². The Kier molecular flexibility index (Phi) is 6.03. The number of hydrogen-bond donors (Lipinski definition) is 1. The first-order valence-electron chi connectivity index (χ1n) is 6.01. The molecule has 0 saturated carbocycles. The first-order chi connectivity index (χ1) is 8.08. The Morgan fingerprint density at radius 1 is 1.12 bits per heavy atom. The van der Waals surface area contributed by atoms with Crippen molar-refractivity contribution in [3.05, 3.63) is 29.8 Å². The van der Waals surface area contributed by atoms with Crippen LogP contribution in [-0.2, 0) is 4.74 Å². The molecule has 0 saturated heterocycles. The van der Waals surface area contributed by atoms with Crippen LogP contribution in [0.25, 0.3) is 0 Å². The summed E-state index contributed by atoms with van der Waals surface area (Å²) in [5, 5.41) is 3.55. The summed E-state index contributed by atoms with van der Waals surface area (Å²) in [5.74, 6) is 0. The van der Waals surface area contributed by atoms with Crippen molar-refractivity contribution in [2.24, 2.45) is 0 Å². The van der Waals surface area contributed by atoms with Gasteiger partial charge in [-0.15, -0.1) is 11.8 Å². The van der Waals surface area contributed by atoms with Crippen LogP contribution in [0.3, 0.4) is 0 Å². The van der Waals surface area contributed by atoms with Gasteiger partial charge in [-0.1, -0.05) is 12.1 Å². The third-order valence-corrected chi connectivity index (χ3v) is 3.95. The van der Waals surface area contributed by atoms with Gasteiger partial charge in [-0.3, -0.25) is 0 Å². The lowest BCUT2D eigenvalue weighted by Gasteiger charge is -2.24. The van der Waals surface area contributed by atoms with E-state index in [9.17, 15) is 0 Å². The summed E-state index contributed by atoms with van der Waals surface area (Å²) < 4.78 is 5.32. The van der Waals surface area contributed by atoms with Gasteiger partial charge in [-0.2, -0.15) is 0 Å². The molecule has 1 N–H and O–H groups in total. The number of nitrogens with one attached hydrogen (secondary N) is 1. The Labute approximate surface area is 109 Å². The van der Waals surface area contributed by atoms with Crippen molar-refractivity contribution in [1.29, 1.82) is 0 Å². The van der Waals surface area contributed by atoms with Gasteiger partial charge in [0.2, 0.25) is 0 Å². The molecule has 0 amide bonds. The van der Waals surface area contributed by atoms with Gasteiger partial charge in [0.25, 0.3) is 0 Å². The molecule has 0 spiro atoms. The minimum Gasteiger partial charge on any atom is -0.380 e. The van der Waals surface area contributed by atoms with Crippen LogP contribution >= 0.6 is 11.8 Å². The molecule has 3 atom stereocenters. The van der Waals surface area contributed by atoms with Crippen molar-refractivity contribution in [2.45, 2.75) is 43.9 Å². The largest absolute Gasteiger partial charge is 0.380 e. The number of rotatable bonds is 6. The van der Waals surface area contributed by atoms with Crippen molar-refractivity contribution in [1.82, 2.24) is 5.32 Å². The molecule has 3 unspecified atom stereocenters. The fourth-order valence-corrected chi connectivity index (χ4v) is 2.13. The fraction of sp³-hybridized carbons (Fsp3) is 0.571. The standard InChI is InChI=1S/C14H23NOS/c1-10(12(3)16-4)15-11(2)13-6-8-14(17-5)9-7-13/h6-12,15H,1-5H3. The van der Waals surface area contributed by atoms with E-state index in [1.165, 1.54) is 10.5 Å². The second-order valence-electron chi connectivity index (χ2n) is 4.39. The Bertz CT molecular complexity index is 325. The molecule has 0 aliphatic rings. The van der Waals surface area contributed by atoms with E-state index >= 15 is 0 Å². The van der Waals surface area contributed by atoms with Gasteiger partial charge in [-0.25, -0.2) is 0 Å². The van der Waals surface area contributed by atoms with Gasteiger partial charge >= 0.3 is 0 Å². The minimum absolute atomic E-state index is 0.225. The van der Waals surface area contributed by atoms with Crippen molar-refractivity contribution in [3.8, 4) is 0 Å². The molecule has 1 aromatic carbocycles. The predicted octanol–water partition coefficient (Wildman–Crippen LogP) is 3.48. The quantitative estimate of drug-likeness (QED) is 0.784. The van der Waals surface area contributed by atoms with E-state index in [-0.39, 0.29) is 6.10 Å². The van der Waals surface area contributed by atoms with E-state index in [1.54, 1.807) is 18.9 Å². The summed E-state index contributed by atoms with van der Waals surface area (Å²) in [5.41, 5.74) is 1.32. The molecule has 3 heteroatoms. The van der Waals surface area contributed by atoms with Crippen molar-refractivity contribution in [2.75, 3.05) is 13.4 Å². The fourth-order valence-electron chi connectivity index (χ4n) is 1.72. The van der Waals surface area contributed by atoms with Crippen LogP contribution in [0.4, 0.5) is 0 Å². The third kappa shape index (κ3) is 4.34. The van der Waals surface area contributed by atoms with Crippen LogP contribution in [0, 0.1) is 0 Å². The number of hydrogen-bond acceptors (Lipinski definition) is 3. The van der Waals surface area contributed by atoms with Gasteiger partial charge in [0.1, 0.15) is 0 Å². The maximum absolute atomic E-state index is 5.32. The van der Waals surface area contributed by atoms with Crippen molar-refractivity contribution in [3.63, 3.8) is 0 Å². The van der Waals surface area contributed by atoms with Crippen molar-refractivity contribution >= 4 is 11.8 Å². The monoisotopic (exact) mass is 253 g/mol. The minimum atomic E-state index is 0.225. The lowest BCUT2D eigenvalue weighted by atomic mass is 10.1. The molecular formula is C14H23NOS. The molecule has 0 bridgehead atoms. The summed E-state index contributed by atoms with van der Waals surface area (Å²) in [4.78, 5) is 1.30. The molecule has 96 valence electrons. The second kappa shape index (κ2) is 7.04. The first-order valence-corrected chi connectivity index (χ1v) is 7.23. The highest BCUT2D eigenvalue weighted by Crippen LogP contribution is 2.19. The van der Waals surface area contributed by atoms with Crippen LogP contribution in [0.15, 0.2) is 29.2 Å². The van der Waals surface area contributed by atoms with Crippen molar-refractivity contribution < 1.29 is 4.74 Å². The Balaban J connectivity index is 2.59. The average molecular weight is 253 g/mol. The molecule has 1 aromatic rings. The maximum atomic E-state index is 5.32. The zero-order chi connectivity index (χ0) is 12.8. The number of benzene rings is 1. The van der Waals surface area contributed by atoms with E-state index in [1.807, 2.05) is 0 Å². The lowest BCUT2D eigenvalue weighted by Crippen LogP contribution is -2.38.